The summed E-state index contributed by atoms with van der Waals surface area (Å²) in [6.45, 7) is 0. The summed E-state index contributed by atoms with van der Waals surface area (Å²) in [7, 11) is 1.11. The van der Waals surface area contributed by atoms with Gasteiger partial charge < -0.3 is 14.8 Å². The number of aromatic carboxylic acids is 1. The quantitative estimate of drug-likeness (QED) is 0.772. The second kappa shape index (κ2) is 4.33. The Morgan fingerprint density at radius 2 is 1.94 bits per heavy atom. The molecule has 0 aliphatic carbocycles. The van der Waals surface area contributed by atoms with Crippen molar-refractivity contribution in [2.24, 2.45) is 0 Å². The second-order valence-electron chi connectivity index (χ2n) is 3.55. The molecular formula is C12H9NO5. The Hall–Kier alpha value is -2.63. The summed E-state index contributed by atoms with van der Waals surface area (Å²) in [5.41, 5.74) is -1.29. The standard InChI is InChI=1S/C12H9NO5/c1-18-12(17)9-8(11(15)16)10(14)6-4-2-3-5-7(6)13-9/h2-5H,1H3,(H,13,14)(H,15,16). The van der Waals surface area contributed by atoms with Gasteiger partial charge in [-0.1, -0.05) is 12.1 Å². The number of aromatic nitrogens is 1. The summed E-state index contributed by atoms with van der Waals surface area (Å²) >= 11 is 0. The van der Waals surface area contributed by atoms with Gasteiger partial charge in [0.1, 0.15) is 11.3 Å². The Morgan fingerprint density at radius 1 is 1.28 bits per heavy atom. The molecular weight excluding hydrogens is 238 g/mol. The topological polar surface area (TPSA) is 96.5 Å². The number of fused-ring (bicyclic) bond motifs is 1. The van der Waals surface area contributed by atoms with E-state index in [1.807, 2.05) is 0 Å². The first kappa shape index (κ1) is 11.8. The Bertz CT molecular complexity index is 701. The number of esters is 1. The van der Waals surface area contributed by atoms with E-state index in [-0.39, 0.29) is 11.1 Å². The van der Waals surface area contributed by atoms with Crippen LogP contribution in [0.3, 0.4) is 0 Å². The first-order valence-electron chi connectivity index (χ1n) is 5.03. The van der Waals surface area contributed by atoms with Crippen molar-refractivity contribution >= 4 is 22.8 Å². The lowest BCUT2D eigenvalue weighted by Gasteiger charge is -2.06. The second-order valence-corrected chi connectivity index (χ2v) is 3.55. The van der Waals surface area contributed by atoms with Gasteiger partial charge in [-0.25, -0.2) is 9.59 Å². The molecule has 0 unspecified atom stereocenters. The molecule has 1 heterocycles. The average Bonchev–Trinajstić information content (AvgIpc) is 2.37. The van der Waals surface area contributed by atoms with Crippen LogP contribution in [0.15, 0.2) is 29.1 Å². The van der Waals surface area contributed by atoms with Crippen molar-refractivity contribution in [3.63, 3.8) is 0 Å². The summed E-state index contributed by atoms with van der Waals surface area (Å²) in [5.74, 6) is -2.36. The van der Waals surface area contributed by atoms with Crippen molar-refractivity contribution in [2.75, 3.05) is 7.11 Å². The number of pyridine rings is 1. The van der Waals surface area contributed by atoms with E-state index in [0.29, 0.717) is 5.52 Å². The number of para-hydroxylation sites is 1. The molecule has 6 heteroatoms. The molecule has 0 spiro atoms. The fourth-order valence-electron chi connectivity index (χ4n) is 1.69. The monoisotopic (exact) mass is 247 g/mol. The van der Waals surface area contributed by atoms with Gasteiger partial charge in [-0.2, -0.15) is 0 Å². The van der Waals surface area contributed by atoms with Crippen LogP contribution in [0, 0.1) is 0 Å². The van der Waals surface area contributed by atoms with Gasteiger partial charge >= 0.3 is 11.9 Å². The highest BCUT2D eigenvalue weighted by atomic mass is 16.5. The van der Waals surface area contributed by atoms with Gasteiger partial charge in [-0.15, -0.1) is 0 Å². The summed E-state index contributed by atoms with van der Waals surface area (Å²) in [6.07, 6.45) is 0. The number of benzene rings is 1. The lowest BCUT2D eigenvalue weighted by molar-refractivity contribution is 0.0575. The van der Waals surface area contributed by atoms with Crippen LogP contribution >= 0.6 is 0 Å². The van der Waals surface area contributed by atoms with Gasteiger partial charge in [0.25, 0.3) is 0 Å². The highest BCUT2D eigenvalue weighted by molar-refractivity contribution is 6.03. The van der Waals surface area contributed by atoms with Gasteiger partial charge in [-0.3, -0.25) is 4.79 Å². The Morgan fingerprint density at radius 3 is 2.56 bits per heavy atom. The molecule has 92 valence electrons. The predicted molar refractivity (Wildman–Crippen MR) is 62.9 cm³/mol. The molecule has 0 aliphatic heterocycles. The van der Waals surface area contributed by atoms with E-state index in [1.165, 1.54) is 6.07 Å². The molecule has 1 aromatic heterocycles. The molecule has 0 saturated carbocycles. The van der Waals surface area contributed by atoms with Gasteiger partial charge in [0.15, 0.2) is 0 Å². The van der Waals surface area contributed by atoms with Crippen molar-refractivity contribution < 1.29 is 19.4 Å². The average molecular weight is 247 g/mol. The summed E-state index contributed by atoms with van der Waals surface area (Å²) in [5, 5.41) is 9.23. The third kappa shape index (κ3) is 1.73. The van der Waals surface area contributed by atoms with Crippen LogP contribution < -0.4 is 5.43 Å². The number of hydrogen-bond donors (Lipinski definition) is 2. The van der Waals surface area contributed by atoms with Gasteiger partial charge in [-0.05, 0) is 12.1 Å². The van der Waals surface area contributed by atoms with Gasteiger partial charge in [0.05, 0.1) is 7.11 Å². The molecule has 2 aromatic rings. The maximum absolute atomic E-state index is 12.0. The lowest BCUT2D eigenvalue weighted by Crippen LogP contribution is -2.23. The van der Waals surface area contributed by atoms with E-state index >= 15 is 0 Å². The zero-order valence-corrected chi connectivity index (χ0v) is 9.39. The molecule has 0 radical (unpaired) electrons. The summed E-state index contributed by atoms with van der Waals surface area (Å²) in [6, 6.07) is 6.34. The highest BCUT2D eigenvalue weighted by Crippen LogP contribution is 2.12. The minimum atomic E-state index is -1.47. The number of carboxylic acids is 1. The molecule has 0 atom stereocenters. The number of carboxylic acid groups (broad SMARTS) is 1. The Labute approximate surface area is 101 Å². The SMILES string of the molecule is COC(=O)c1[nH]c2ccccc2c(=O)c1C(=O)O. The van der Waals surface area contributed by atoms with Gasteiger partial charge in [0, 0.05) is 10.9 Å². The van der Waals surface area contributed by atoms with Crippen molar-refractivity contribution in [3.05, 3.63) is 45.7 Å². The van der Waals surface area contributed by atoms with Gasteiger partial charge in [0.2, 0.25) is 5.43 Å². The Kier molecular flexibility index (Phi) is 2.85. The smallest absolute Gasteiger partial charge is 0.355 e. The fraction of sp³-hybridized carbons (Fsp3) is 0.0833. The molecule has 0 amide bonds. The minimum absolute atomic E-state index is 0.211. The van der Waals surface area contributed by atoms with Crippen LogP contribution in [0.2, 0.25) is 0 Å². The molecule has 18 heavy (non-hydrogen) atoms. The number of H-pyrrole nitrogens is 1. The molecule has 2 N–H and O–H groups in total. The molecule has 1 aromatic carbocycles. The number of rotatable bonds is 2. The minimum Gasteiger partial charge on any atom is -0.477 e. The third-order valence-electron chi connectivity index (χ3n) is 2.51. The van der Waals surface area contributed by atoms with Crippen LogP contribution in [0.1, 0.15) is 20.8 Å². The number of ether oxygens (including phenoxy) is 1. The first-order chi connectivity index (χ1) is 8.56. The maximum Gasteiger partial charge on any atom is 0.355 e. The zero-order chi connectivity index (χ0) is 13.3. The van der Waals surface area contributed by atoms with Crippen LogP contribution in [-0.2, 0) is 4.74 Å². The van der Waals surface area contributed by atoms with E-state index in [2.05, 4.69) is 9.72 Å². The van der Waals surface area contributed by atoms with Crippen LogP contribution in [0.4, 0.5) is 0 Å². The molecule has 6 nitrogen and oxygen atoms in total. The van der Waals surface area contributed by atoms with Crippen LogP contribution in [0.5, 0.6) is 0 Å². The van der Waals surface area contributed by atoms with Crippen molar-refractivity contribution in [3.8, 4) is 0 Å². The Balaban J connectivity index is 2.92. The molecule has 0 fully saturated rings. The van der Waals surface area contributed by atoms with Crippen molar-refractivity contribution in [2.45, 2.75) is 0 Å². The number of methoxy groups -OCH3 is 1. The molecule has 2 rings (SSSR count). The number of hydrogen-bond acceptors (Lipinski definition) is 4. The number of nitrogens with one attached hydrogen (secondary N) is 1. The first-order valence-corrected chi connectivity index (χ1v) is 5.03. The predicted octanol–water partition coefficient (Wildman–Crippen LogP) is 1.01. The number of carbonyl (C=O) groups excluding carboxylic acids is 1. The summed E-state index contributed by atoms with van der Waals surface area (Å²) in [4.78, 5) is 37.2. The lowest BCUT2D eigenvalue weighted by atomic mass is 10.1. The van der Waals surface area contributed by atoms with E-state index in [9.17, 15) is 14.4 Å². The molecule has 0 aliphatic rings. The van der Waals surface area contributed by atoms with E-state index < -0.39 is 22.9 Å². The van der Waals surface area contributed by atoms with E-state index in [4.69, 9.17) is 5.11 Å². The fourth-order valence-corrected chi connectivity index (χ4v) is 1.69. The van der Waals surface area contributed by atoms with Crippen LogP contribution in [-0.4, -0.2) is 29.1 Å². The number of carbonyl (C=O) groups is 2. The van der Waals surface area contributed by atoms with E-state index in [0.717, 1.165) is 7.11 Å². The third-order valence-corrected chi connectivity index (χ3v) is 2.51. The normalized spacial score (nSPS) is 10.3. The van der Waals surface area contributed by atoms with Crippen molar-refractivity contribution in [1.29, 1.82) is 0 Å². The maximum atomic E-state index is 12.0. The summed E-state index contributed by atoms with van der Waals surface area (Å²) < 4.78 is 4.46. The largest absolute Gasteiger partial charge is 0.477 e. The highest BCUT2D eigenvalue weighted by Gasteiger charge is 2.23. The molecule has 0 saturated heterocycles. The van der Waals surface area contributed by atoms with Crippen molar-refractivity contribution in [1.82, 2.24) is 4.98 Å². The number of aromatic amines is 1. The van der Waals surface area contributed by atoms with Crippen LogP contribution in [0.25, 0.3) is 10.9 Å². The molecule has 0 bridgehead atoms. The zero-order valence-electron chi connectivity index (χ0n) is 9.39. The van der Waals surface area contributed by atoms with E-state index in [1.54, 1.807) is 18.2 Å².